The normalized spacial score (nSPS) is 24.7. The van der Waals surface area contributed by atoms with E-state index >= 15 is 0 Å². The van der Waals surface area contributed by atoms with Gasteiger partial charge in [-0.3, -0.25) is 4.79 Å². The van der Waals surface area contributed by atoms with Gasteiger partial charge in [-0.15, -0.1) is 0 Å². The number of esters is 1. The summed E-state index contributed by atoms with van der Waals surface area (Å²) in [5.74, 6) is -1.39. The average Bonchev–Trinajstić information content (AvgIpc) is 2.83. The summed E-state index contributed by atoms with van der Waals surface area (Å²) in [4.78, 5) is 25.3. The van der Waals surface area contributed by atoms with Gasteiger partial charge in [-0.2, -0.15) is 0 Å². The van der Waals surface area contributed by atoms with E-state index in [-0.39, 0.29) is 22.1 Å². The maximum atomic E-state index is 12.9. The lowest BCUT2D eigenvalue weighted by molar-refractivity contribution is -0.261. The lowest BCUT2D eigenvalue weighted by atomic mass is 9.96. The molecule has 1 aliphatic heterocycles. The number of benzene rings is 2. The zero-order chi connectivity index (χ0) is 24.1. The van der Waals surface area contributed by atoms with Crippen LogP contribution in [0, 0.1) is 0 Å². The molecule has 3 rings (SSSR count). The molecular weight excluding hydrogens is 458 g/mol. The average molecular weight is 482 g/mol. The summed E-state index contributed by atoms with van der Waals surface area (Å²) in [6.45, 7) is -0.547. The Labute approximate surface area is 194 Å². The van der Waals surface area contributed by atoms with E-state index in [1.807, 2.05) is 0 Å². The van der Waals surface area contributed by atoms with Crippen LogP contribution in [0.15, 0.2) is 42.5 Å². The minimum absolute atomic E-state index is 0.0252. The van der Waals surface area contributed by atoms with E-state index in [1.165, 1.54) is 26.4 Å². The fraction of sp³-hybridized carbons (Fsp3) is 0.364. The second kappa shape index (κ2) is 10.9. The Balaban J connectivity index is 1.81. The Morgan fingerprint density at radius 1 is 1.09 bits per heavy atom. The first-order valence-corrected chi connectivity index (χ1v) is 10.3. The third-order valence-electron chi connectivity index (χ3n) is 5.11. The molecule has 1 amide bonds. The van der Waals surface area contributed by atoms with Crippen molar-refractivity contribution < 1.29 is 43.9 Å². The third kappa shape index (κ3) is 5.44. The first-order chi connectivity index (χ1) is 15.8. The van der Waals surface area contributed by atoms with Gasteiger partial charge in [0.1, 0.15) is 24.4 Å². The van der Waals surface area contributed by atoms with Crippen LogP contribution in [0.4, 0.5) is 0 Å². The number of aliphatic hydroxyl groups excluding tert-OH is 3. The predicted molar refractivity (Wildman–Crippen MR) is 115 cm³/mol. The molecular formula is C22H24ClNO9. The molecule has 1 aliphatic rings. The van der Waals surface area contributed by atoms with Gasteiger partial charge in [0.05, 0.1) is 24.3 Å². The molecule has 1 heterocycles. The molecule has 178 valence electrons. The summed E-state index contributed by atoms with van der Waals surface area (Å²) in [6, 6.07) is 9.67. The Kier molecular flexibility index (Phi) is 8.25. The summed E-state index contributed by atoms with van der Waals surface area (Å²) in [7, 11) is 2.61. The summed E-state index contributed by atoms with van der Waals surface area (Å²) >= 11 is 6.27. The number of carbonyl (C=O) groups excluding carboxylic acids is 2. The predicted octanol–water partition coefficient (Wildman–Crippen LogP) is 0.752. The van der Waals surface area contributed by atoms with Crippen molar-refractivity contribution in [2.75, 3.05) is 20.8 Å². The van der Waals surface area contributed by atoms with Crippen LogP contribution in [0.2, 0.25) is 5.02 Å². The molecule has 0 spiro atoms. The van der Waals surface area contributed by atoms with E-state index in [0.29, 0.717) is 5.56 Å². The molecule has 33 heavy (non-hydrogen) atoms. The van der Waals surface area contributed by atoms with Gasteiger partial charge < -0.3 is 39.6 Å². The number of rotatable bonds is 7. The van der Waals surface area contributed by atoms with Crippen LogP contribution in [-0.4, -0.2) is 78.7 Å². The van der Waals surface area contributed by atoms with Crippen LogP contribution in [-0.2, 0) is 9.47 Å². The van der Waals surface area contributed by atoms with E-state index < -0.39 is 49.1 Å². The highest BCUT2D eigenvalue weighted by Crippen LogP contribution is 2.37. The van der Waals surface area contributed by atoms with Gasteiger partial charge in [0.2, 0.25) is 0 Å². The molecule has 0 unspecified atom stereocenters. The van der Waals surface area contributed by atoms with E-state index in [1.54, 1.807) is 30.3 Å². The molecule has 10 nitrogen and oxygen atoms in total. The number of hydrogen-bond acceptors (Lipinski definition) is 9. The van der Waals surface area contributed by atoms with Crippen molar-refractivity contribution >= 4 is 23.5 Å². The number of methoxy groups -OCH3 is 2. The largest absolute Gasteiger partial charge is 0.493 e. The highest BCUT2D eigenvalue weighted by atomic mass is 35.5. The van der Waals surface area contributed by atoms with E-state index in [4.69, 9.17) is 30.5 Å². The quantitative estimate of drug-likeness (QED) is 0.332. The standard InChI is InChI=1S/C22H24ClNO9/c1-30-14-9-12(8-13(23)19(14)33-21(29)11-6-4-3-5-7-11)20(28)24-16-18(27)17(26)15(10-25)32-22(16)31-2/h3-9,15-18,22,25-27H,10H2,1-2H3,(H,24,28)/t15-,16-,17-,18-,22+/m1/s1. The maximum Gasteiger partial charge on any atom is 0.343 e. The van der Waals surface area contributed by atoms with Crippen LogP contribution in [0.1, 0.15) is 20.7 Å². The van der Waals surface area contributed by atoms with Gasteiger partial charge >= 0.3 is 5.97 Å². The molecule has 2 aromatic carbocycles. The maximum absolute atomic E-state index is 12.9. The first-order valence-electron chi connectivity index (χ1n) is 9.91. The van der Waals surface area contributed by atoms with Crippen molar-refractivity contribution in [1.82, 2.24) is 5.32 Å². The Morgan fingerprint density at radius 3 is 2.39 bits per heavy atom. The number of amides is 1. The van der Waals surface area contributed by atoms with Crippen molar-refractivity contribution in [1.29, 1.82) is 0 Å². The van der Waals surface area contributed by atoms with Gasteiger partial charge in [0.15, 0.2) is 17.8 Å². The summed E-state index contributed by atoms with van der Waals surface area (Å²) in [5.41, 5.74) is 0.325. The van der Waals surface area contributed by atoms with Crippen LogP contribution < -0.4 is 14.8 Å². The lowest BCUT2D eigenvalue weighted by Crippen LogP contribution is -2.64. The van der Waals surface area contributed by atoms with Gasteiger partial charge in [-0.1, -0.05) is 29.8 Å². The lowest BCUT2D eigenvalue weighted by Gasteiger charge is -2.41. The summed E-state index contributed by atoms with van der Waals surface area (Å²) in [6.07, 6.45) is -5.14. The zero-order valence-electron chi connectivity index (χ0n) is 17.8. The highest BCUT2D eigenvalue weighted by Gasteiger charge is 2.45. The highest BCUT2D eigenvalue weighted by molar-refractivity contribution is 6.33. The Morgan fingerprint density at radius 2 is 1.79 bits per heavy atom. The Hall–Kier alpha value is -2.73. The second-order valence-electron chi connectivity index (χ2n) is 7.19. The Bertz CT molecular complexity index is 985. The van der Waals surface area contributed by atoms with Crippen LogP contribution in [0.5, 0.6) is 11.5 Å². The molecule has 0 saturated carbocycles. The number of carbonyl (C=O) groups is 2. The van der Waals surface area contributed by atoms with Crippen LogP contribution in [0.3, 0.4) is 0 Å². The number of halogens is 1. The molecule has 11 heteroatoms. The third-order valence-corrected chi connectivity index (χ3v) is 5.39. The van der Waals surface area contributed by atoms with Crippen LogP contribution >= 0.6 is 11.6 Å². The molecule has 5 atom stereocenters. The van der Waals surface area contributed by atoms with Gasteiger partial charge in [-0.05, 0) is 24.3 Å². The first kappa shape index (κ1) is 24.9. The molecule has 2 aromatic rings. The van der Waals surface area contributed by atoms with E-state index in [2.05, 4.69) is 5.32 Å². The fourth-order valence-electron chi connectivity index (χ4n) is 3.35. The summed E-state index contributed by atoms with van der Waals surface area (Å²) < 4.78 is 21.1. The van der Waals surface area contributed by atoms with Crippen molar-refractivity contribution in [2.45, 2.75) is 30.6 Å². The molecule has 0 radical (unpaired) electrons. The number of ether oxygens (including phenoxy) is 4. The molecule has 4 N–H and O–H groups in total. The zero-order valence-corrected chi connectivity index (χ0v) is 18.6. The minimum atomic E-state index is -1.48. The van der Waals surface area contributed by atoms with Crippen molar-refractivity contribution in [3.05, 3.63) is 58.6 Å². The fourth-order valence-corrected chi connectivity index (χ4v) is 3.60. The smallest absolute Gasteiger partial charge is 0.343 e. The molecule has 0 bridgehead atoms. The molecule has 0 aromatic heterocycles. The van der Waals surface area contributed by atoms with Gasteiger partial charge in [0.25, 0.3) is 5.91 Å². The number of nitrogens with one attached hydrogen (secondary N) is 1. The molecule has 1 saturated heterocycles. The van der Waals surface area contributed by atoms with Crippen molar-refractivity contribution in [3.63, 3.8) is 0 Å². The second-order valence-corrected chi connectivity index (χ2v) is 7.59. The van der Waals surface area contributed by atoms with Gasteiger partial charge in [-0.25, -0.2) is 4.79 Å². The van der Waals surface area contributed by atoms with Gasteiger partial charge in [0, 0.05) is 12.7 Å². The summed E-state index contributed by atoms with van der Waals surface area (Å²) in [5, 5.41) is 32.3. The number of hydrogen-bond donors (Lipinski definition) is 4. The monoisotopic (exact) mass is 481 g/mol. The van der Waals surface area contributed by atoms with E-state index in [0.717, 1.165) is 0 Å². The van der Waals surface area contributed by atoms with Crippen molar-refractivity contribution in [3.8, 4) is 11.5 Å². The van der Waals surface area contributed by atoms with Crippen LogP contribution in [0.25, 0.3) is 0 Å². The topological polar surface area (TPSA) is 144 Å². The van der Waals surface area contributed by atoms with Crippen molar-refractivity contribution in [2.24, 2.45) is 0 Å². The molecule has 0 aliphatic carbocycles. The van der Waals surface area contributed by atoms with E-state index in [9.17, 15) is 24.9 Å². The number of aliphatic hydroxyl groups is 3. The molecule has 1 fully saturated rings. The SMILES string of the molecule is COc1cc(C(=O)N[C@H]2[C@@H](OC)O[C@H](CO)[C@@H](O)[C@@H]2O)cc(Cl)c1OC(=O)c1ccccc1. The minimum Gasteiger partial charge on any atom is -0.493 e.